The molecule has 0 spiro atoms. The Hall–Kier alpha value is -1.06. The maximum atomic E-state index is 12.6. The van der Waals surface area contributed by atoms with Gasteiger partial charge in [-0.05, 0) is 36.0 Å². The zero-order valence-electron chi connectivity index (χ0n) is 13.3. The number of carbonyl (C=O) groups excluding carboxylic acids is 1. The van der Waals surface area contributed by atoms with Crippen LogP contribution >= 0.6 is 11.6 Å². The molecule has 21 heavy (non-hydrogen) atoms. The zero-order valence-corrected chi connectivity index (χ0v) is 14.0. The summed E-state index contributed by atoms with van der Waals surface area (Å²) in [5.41, 5.74) is 0.952. The Morgan fingerprint density at radius 1 is 1.19 bits per heavy atom. The molecule has 118 valence electrons. The smallest absolute Gasteiger partial charge is 0.228 e. The maximum absolute atomic E-state index is 12.6. The fourth-order valence-corrected chi connectivity index (χ4v) is 2.67. The minimum Gasteiger partial charge on any atom is -0.394 e. The molecule has 0 heterocycles. The van der Waals surface area contributed by atoms with Gasteiger partial charge in [0.1, 0.15) is 0 Å². The molecule has 1 amide bonds. The Morgan fingerprint density at radius 3 is 2.19 bits per heavy atom. The van der Waals surface area contributed by atoms with Crippen molar-refractivity contribution in [3.63, 3.8) is 0 Å². The van der Waals surface area contributed by atoms with Crippen LogP contribution in [-0.4, -0.2) is 23.7 Å². The molecule has 0 aliphatic rings. The van der Waals surface area contributed by atoms with E-state index < -0.39 is 0 Å². The second kappa shape index (κ2) is 8.40. The molecule has 3 nitrogen and oxygen atoms in total. The van der Waals surface area contributed by atoms with Crippen molar-refractivity contribution in [1.29, 1.82) is 0 Å². The predicted molar refractivity (Wildman–Crippen MR) is 87.5 cm³/mol. The summed E-state index contributed by atoms with van der Waals surface area (Å²) in [4.78, 5) is 12.6. The quantitative estimate of drug-likeness (QED) is 0.808. The molecule has 0 aliphatic carbocycles. The van der Waals surface area contributed by atoms with E-state index >= 15 is 0 Å². The number of hydrogen-bond acceptors (Lipinski definition) is 2. The van der Waals surface area contributed by atoms with E-state index in [1.54, 1.807) is 12.1 Å². The molecule has 1 aromatic carbocycles. The molecular weight excluding hydrogens is 286 g/mol. The van der Waals surface area contributed by atoms with Crippen LogP contribution in [0.2, 0.25) is 5.02 Å². The Balaban J connectivity index is 2.85. The molecule has 2 atom stereocenters. The van der Waals surface area contributed by atoms with Gasteiger partial charge in [-0.1, -0.05) is 51.4 Å². The largest absolute Gasteiger partial charge is 0.394 e. The van der Waals surface area contributed by atoms with Gasteiger partial charge < -0.3 is 10.4 Å². The summed E-state index contributed by atoms with van der Waals surface area (Å²) in [5.74, 6) is 0.329. The number of aliphatic hydroxyl groups excluding tert-OH is 1. The van der Waals surface area contributed by atoms with Crippen LogP contribution in [0, 0.1) is 11.8 Å². The SMILES string of the molecule is CC(C)CC(CO)NC(=O)C(c1ccc(Cl)cc1)C(C)C. The van der Waals surface area contributed by atoms with Crippen molar-refractivity contribution >= 4 is 17.5 Å². The average molecular weight is 312 g/mol. The molecule has 1 aromatic rings. The van der Waals surface area contributed by atoms with Crippen LogP contribution in [0.25, 0.3) is 0 Å². The van der Waals surface area contributed by atoms with Gasteiger partial charge in [-0.3, -0.25) is 4.79 Å². The highest BCUT2D eigenvalue weighted by atomic mass is 35.5. The van der Waals surface area contributed by atoms with Gasteiger partial charge in [-0.2, -0.15) is 0 Å². The van der Waals surface area contributed by atoms with Gasteiger partial charge in [0.2, 0.25) is 5.91 Å². The van der Waals surface area contributed by atoms with Crippen molar-refractivity contribution in [1.82, 2.24) is 5.32 Å². The van der Waals surface area contributed by atoms with Crippen LogP contribution in [0.4, 0.5) is 0 Å². The van der Waals surface area contributed by atoms with Gasteiger partial charge >= 0.3 is 0 Å². The number of amides is 1. The molecule has 2 N–H and O–H groups in total. The van der Waals surface area contributed by atoms with Crippen molar-refractivity contribution < 1.29 is 9.90 Å². The van der Waals surface area contributed by atoms with Crippen molar-refractivity contribution in [3.05, 3.63) is 34.9 Å². The third kappa shape index (κ3) is 5.68. The molecule has 0 bridgehead atoms. The predicted octanol–water partition coefficient (Wildman–Crippen LogP) is 3.60. The number of rotatable bonds is 7. The fraction of sp³-hybridized carbons (Fsp3) is 0.588. The van der Waals surface area contributed by atoms with E-state index in [1.807, 2.05) is 26.0 Å². The lowest BCUT2D eigenvalue weighted by atomic mass is 9.87. The number of hydrogen-bond donors (Lipinski definition) is 2. The third-order valence-electron chi connectivity index (χ3n) is 3.50. The molecule has 0 aromatic heterocycles. The second-order valence-electron chi connectivity index (χ2n) is 6.29. The van der Waals surface area contributed by atoms with Crippen molar-refractivity contribution in [2.45, 2.75) is 46.1 Å². The molecule has 0 radical (unpaired) electrons. The second-order valence-corrected chi connectivity index (χ2v) is 6.73. The summed E-state index contributed by atoms with van der Waals surface area (Å²) in [7, 11) is 0. The van der Waals surface area contributed by atoms with E-state index in [0.717, 1.165) is 12.0 Å². The molecule has 4 heteroatoms. The van der Waals surface area contributed by atoms with E-state index in [9.17, 15) is 9.90 Å². The molecular formula is C17H26ClNO2. The minimum atomic E-state index is -0.233. The van der Waals surface area contributed by atoms with Crippen molar-refractivity contribution in [3.8, 4) is 0 Å². The summed E-state index contributed by atoms with van der Waals surface area (Å²) < 4.78 is 0. The van der Waals surface area contributed by atoms with E-state index in [0.29, 0.717) is 10.9 Å². The Bertz CT molecular complexity index is 443. The highest BCUT2D eigenvalue weighted by molar-refractivity contribution is 6.30. The normalized spacial score (nSPS) is 14.3. The van der Waals surface area contributed by atoms with Gasteiger partial charge in [0.25, 0.3) is 0 Å². The standard InChI is InChI=1S/C17H26ClNO2/c1-11(2)9-15(10-20)19-17(21)16(12(3)4)13-5-7-14(18)8-6-13/h5-8,11-12,15-16,20H,9-10H2,1-4H3,(H,19,21). The Labute approximate surface area is 132 Å². The summed E-state index contributed by atoms with van der Waals surface area (Å²) in [6.45, 7) is 8.17. The van der Waals surface area contributed by atoms with E-state index in [4.69, 9.17) is 11.6 Å². The minimum absolute atomic E-state index is 0.0324. The van der Waals surface area contributed by atoms with Crippen molar-refractivity contribution in [2.24, 2.45) is 11.8 Å². The van der Waals surface area contributed by atoms with Gasteiger partial charge in [-0.15, -0.1) is 0 Å². The van der Waals surface area contributed by atoms with Crippen molar-refractivity contribution in [2.75, 3.05) is 6.61 Å². The third-order valence-corrected chi connectivity index (χ3v) is 3.75. The number of carbonyl (C=O) groups is 1. The molecule has 0 saturated heterocycles. The number of nitrogens with one attached hydrogen (secondary N) is 1. The van der Waals surface area contributed by atoms with Crippen LogP contribution in [0.3, 0.4) is 0 Å². The zero-order chi connectivity index (χ0) is 16.0. The lowest BCUT2D eigenvalue weighted by Gasteiger charge is -2.25. The lowest BCUT2D eigenvalue weighted by molar-refractivity contribution is -0.124. The highest BCUT2D eigenvalue weighted by Crippen LogP contribution is 2.26. The van der Waals surface area contributed by atoms with E-state index in [-0.39, 0.29) is 30.4 Å². The summed E-state index contributed by atoms with van der Waals surface area (Å²) in [6.07, 6.45) is 0.772. The maximum Gasteiger partial charge on any atom is 0.228 e. The first-order valence-electron chi connectivity index (χ1n) is 7.51. The first kappa shape index (κ1) is 18.0. The van der Waals surface area contributed by atoms with Gasteiger partial charge in [0, 0.05) is 5.02 Å². The number of benzene rings is 1. The van der Waals surface area contributed by atoms with Crippen LogP contribution in [0.5, 0.6) is 0 Å². The Kier molecular flexibility index (Phi) is 7.20. The van der Waals surface area contributed by atoms with Crippen LogP contribution in [0.15, 0.2) is 24.3 Å². The summed E-state index contributed by atoms with van der Waals surface area (Å²) >= 11 is 5.91. The van der Waals surface area contributed by atoms with Crippen LogP contribution in [-0.2, 0) is 4.79 Å². The monoisotopic (exact) mass is 311 g/mol. The lowest BCUT2D eigenvalue weighted by Crippen LogP contribution is -2.42. The van der Waals surface area contributed by atoms with Gasteiger partial charge in [-0.25, -0.2) is 0 Å². The summed E-state index contributed by atoms with van der Waals surface area (Å²) in [6, 6.07) is 7.20. The van der Waals surface area contributed by atoms with E-state index in [1.165, 1.54) is 0 Å². The van der Waals surface area contributed by atoms with Crippen LogP contribution < -0.4 is 5.32 Å². The average Bonchev–Trinajstić information content (AvgIpc) is 2.39. The molecule has 2 unspecified atom stereocenters. The highest BCUT2D eigenvalue weighted by Gasteiger charge is 2.26. The number of aliphatic hydroxyl groups is 1. The first-order chi connectivity index (χ1) is 9.85. The van der Waals surface area contributed by atoms with Gasteiger partial charge in [0.05, 0.1) is 18.6 Å². The Morgan fingerprint density at radius 2 is 1.76 bits per heavy atom. The molecule has 0 saturated carbocycles. The van der Waals surface area contributed by atoms with E-state index in [2.05, 4.69) is 19.2 Å². The number of halogens is 1. The fourth-order valence-electron chi connectivity index (χ4n) is 2.55. The first-order valence-corrected chi connectivity index (χ1v) is 7.89. The molecule has 1 rings (SSSR count). The molecule has 0 aliphatic heterocycles. The topological polar surface area (TPSA) is 49.3 Å². The summed E-state index contributed by atoms with van der Waals surface area (Å²) in [5, 5.41) is 13.1. The van der Waals surface area contributed by atoms with Gasteiger partial charge in [0.15, 0.2) is 0 Å². The molecule has 0 fully saturated rings. The van der Waals surface area contributed by atoms with Crippen LogP contribution in [0.1, 0.15) is 45.6 Å².